The van der Waals surface area contributed by atoms with Crippen molar-refractivity contribution < 1.29 is 0 Å². The highest BCUT2D eigenvalue weighted by molar-refractivity contribution is 9.10. The van der Waals surface area contributed by atoms with E-state index in [2.05, 4.69) is 26.2 Å². The Kier molecular flexibility index (Phi) is 3.92. The Morgan fingerprint density at radius 2 is 1.67 bits per heavy atom. The molecule has 0 amide bonds. The largest absolute Gasteiger partial charge is 0.338 e. The van der Waals surface area contributed by atoms with Crippen LogP contribution in [-0.4, -0.2) is 16.7 Å². The van der Waals surface area contributed by atoms with Crippen LogP contribution in [0.25, 0.3) is 0 Å². The number of halogens is 1. The van der Waals surface area contributed by atoms with Crippen molar-refractivity contribution in [3.8, 4) is 0 Å². The van der Waals surface area contributed by atoms with Gasteiger partial charge in [-0.1, -0.05) is 46.3 Å². The smallest absolute Gasteiger partial charge is 0.162 e. The number of rotatable bonds is 2. The molecule has 1 aliphatic heterocycles. The Hall–Kier alpha value is -2.79. The fourth-order valence-corrected chi connectivity index (χ4v) is 2.82. The molecule has 3 aromatic rings. The molecule has 0 radical (unpaired) electrons. The fraction of sp³-hybridized carbons (Fsp3) is 0. The Balaban J connectivity index is 1.90. The molecular formula is C19H13BrN4. The average Bonchev–Trinajstić information content (AvgIpc) is 2.82. The first-order valence-corrected chi connectivity index (χ1v) is 8.29. The normalized spacial score (nSPS) is 13.2. The van der Waals surface area contributed by atoms with Crippen LogP contribution in [-0.2, 0) is 0 Å². The van der Waals surface area contributed by atoms with Gasteiger partial charge in [0.25, 0.3) is 0 Å². The number of anilines is 1. The minimum atomic E-state index is 0.669. The Morgan fingerprint density at radius 3 is 2.46 bits per heavy atom. The minimum Gasteiger partial charge on any atom is -0.338 e. The monoisotopic (exact) mass is 376 g/mol. The maximum Gasteiger partial charge on any atom is 0.162 e. The standard InChI is InChI=1S/C19H13BrN4/c20-15-8-9-16-17(11-15)23-19(14-7-4-10-21-12-14)24-18(22-16)13-5-2-1-3-6-13/h1-12H,(H,22,23,24). The highest BCUT2D eigenvalue weighted by Crippen LogP contribution is 2.31. The van der Waals surface area contributed by atoms with Gasteiger partial charge in [-0.2, -0.15) is 0 Å². The number of nitrogens with one attached hydrogen (secondary N) is 1. The maximum absolute atomic E-state index is 4.76. The van der Waals surface area contributed by atoms with E-state index in [1.165, 1.54) is 0 Å². The van der Waals surface area contributed by atoms with Crippen molar-refractivity contribution in [2.75, 3.05) is 5.32 Å². The molecule has 1 N–H and O–H groups in total. The van der Waals surface area contributed by atoms with Crippen molar-refractivity contribution >= 4 is 39.0 Å². The van der Waals surface area contributed by atoms with Crippen molar-refractivity contribution in [3.63, 3.8) is 0 Å². The molecule has 4 nitrogen and oxygen atoms in total. The Morgan fingerprint density at radius 1 is 0.833 bits per heavy atom. The van der Waals surface area contributed by atoms with Crippen LogP contribution in [0.5, 0.6) is 0 Å². The number of aliphatic imine (C=N–C) groups is 2. The number of nitrogens with zero attached hydrogens (tertiary/aromatic N) is 3. The van der Waals surface area contributed by atoms with Crippen molar-refractivity contribution in [3.05, 3.63) is 88.7 Å². The average molecular weight is 377 g/mol. The van der Waals surface area contributed by atoms with Gasteiger partial charge in [-0.3, -0.25) is 4.98 Å². The van der Waals surface area contributed by atoms with E-state index in [1.807, 2.05) is 60.7 Å². The minimum absolute atomic E-state index is 0.669. The van der Waals surface area contributed by atoms with Crippen molar-refractivity contribution in [1.82, 2.24) is 4.98 Å². The van der Waals surface area contributed by atoms with Crippen LogP contribution in [0, 0.1) is 0 Å². The molecule has 116 valence electrons. The van der Waals surface area contributed by atoms with E-state index in [0.717, 1.165) is 32.8 Å². The first kappa shape index (κ1) is 14.8. The number of aromatic nitrogens is 1. The predicted molar refractivity (Wildman–Crippen MR) is 101 cm³/mol. The molecule has 1 aromatic heterocycles. The zero-order chi connectivity index (χ0) is 16.4. The van der Waals surface area contributed by atoms with Gasteiger partial charge in [0.1, 0.15) is 5.84 Å². The lowest BCUT2D eigenvalue weighted by molar-refractivity contribution is 1.31. The van der Waals surface area contributed by atoms with Crippen LogP contribution < -0.4 is 5.32 Å². The van der Waals surface area contributed by atoms with E-state index >= 15 is 0 Å². The molecule has 0 saturated carbocycles. The zero-order valence-corrected chi connectivity index (χ0v) is 14.2. The summed E-state index contributed by atoms with van der Waals surface area (Å²) >= 11 is 3.51. The summed E-state index contributed by atoms with van der Waals surface area (Å²) in [6.07, 6.45) is 3.54. The second kappa shape index (κ2) is 6.37. The van der Waals surface area contributed by atoms with Crippen molar-refractivity contribution in [2.45, 2.75) is 0 Å². The summed E-state index contributed by atoms with van der Waals surface area (Å²) in [5.41, 5.74) is 3.63. The summed E-state index contributed by atoms with van der Waals surface area (Å²) in [6, 6.07) is 19.8. The van der Waals surface area contributed by atoms with E-state index in [4.69, 9.17) is 9.98 Å². The zero-order valence-electron chi connectivity index (χ0n) is 12.6. The highest BCUT2D eigenvalue weighted by Gasteiger charge is 2.15. The highest BCUT2D eigenvalue weighted by atomic mass is 79.9. The van der Waals surface area contributed by atoms with Crippen LogP contribution in [0.2, 0.25) is 0 Å². The third-order valence-corrected chi connectivity index (χ3v) is 4.12. The lowest BCUT2D eigenvalue weighted by Gasteiger charge is -2.09. The molecule has 0 fully saturated rings. The quantitative estimate of drug-likeness (QED) is 0.698. The summed E-state index contributed by atoms with van der Waals surface area (Å²) in [4.78, 5) is 13.7. The van der Waals surface area contributed by atoms with Gasteiger partial charge in [0.2, 0.25) is 0 Å². The number of pyridine rings is 1. The fourth-order valence-electron chi connectivity index (χ4n) is 2.46. The van der Waals surface area contributed by atoms with Gasteiger partial charge in [-0.25, -0.2) is 9.98 Å². The molecular weight excluding hydrogens is 364 g/mol. The van der Waals surface area contributed by atoms with E-state index in [1.54, 1.807) is 12.4 Å². The van der Waals surface area contributed by atoms with E-state index in [0.29, 0.717) is 5.84 Å². The molecule has 24 heavy (non-hydrogen) atoms. The van der Waals surface area contributed by atoms with Crippen molar-refractivity contribution in [2.24, 2.45) is 9.98 Å². The first-order chi connectivity index (χ1) is 11.8. The predicted octanol–water partition coefficient (Wildman–Crippen LogP) is 4.79. The molecule has 2 heterocycles. The van der Waals surface area contributed by atoms with Crippen LogP contribution in [0.3, 0.4) is 0 Å². The molecule has 5 heteroatoms. The SMILES string of the molecule is Brc1ccc2c(c1)NC(c1cccnc1)=NC(c1ccccc1)=N2. The first-order valence-electron chi connectivity index (χ1n) is 7.49. The summed E-state index contributed by atoms with van der Waals surface area (Å²) < 4.78 is 0.984. The topological polar surface area (TPSA) is 49.6 Å². The third kappa shape index (κ3) is 2.98. The van der Waals surface area contributed by atoms with Crippen LogP contribution in [0.15, 0.2) is 87.5 Å². The molecule has 0 unspecified atom stereocenters. The van der Waals surface area contributed by atoms with Gasteiger partial charge in [0.05, 0.1) is 11.4 Å². The Bertz CT molecular complexity index is 934. The van der Waals surface area contributed by atoms with E-state index < -0.39 is 0 Å². The number of hydrogen-bond donors (Lipinski definition) is 1. The van der Waals surface area contributed by atoms with Gasteiger partial charge in [0.15, 0.2) is 5.84 Å². The van der Waals surface area contributed by atoms with Gasteiger partial charge in [0, 0.05) is 28.0 Å². The number of amidine groups is 2. The number of fused-ring (bicyclic) bond motifs is 1. The van der Waals surface area contributed by atoms with E-state index in [-0.39, 0.29) is 0 Å². The van der Waals surface area contributed by atoms with Gasteiger partial charge in [-0.15, -0.1) is 0 Å². The number of benzene rings is 2. The van der Waals surface area contributed by atoms with E-state index in [9.17, 15) is 0 Å². The molecule has 0 saturated heterocycles. The summed E-state index contributed by atoms with van der Waals surface area (Å²) in [7, 11) is 0. The maximum atomic E-state index is 4.76. The molecule has 2 aromatic carbocycles. The second-order valence-electron chi connectivity index (χ2n) is 5.29. The van der Waals surface area contributed by atoms with Gasteiger partial charge >= 0.3 is 0 Å². The van der Waals surface area contributed by atoms with Crippen molar-refractivity contribution in [1.29, 1.82) is 0 Å². The van der Waals surface area contributed by atoms with Crippen LogP contribution >= 0.6 is 15.9 Å². The molecule has 0 aliphatic carbocycles. The molecule has 0 bridgehead atoms. The third-order valence-electron chi connectivity index (χ3n) is 3.62. The molecule has 1 aliphatic rings. The molecule has 4 rings (SSSR count). The van der Waals surface area contributed by atoms with Crippen LogP contribution in [0.1, 0.15) is 11.1 Å². The summed E-state index contributed by atoms with van der Waals surface area (Å²) in [6.45, 7) is 0. The lowest BCUT2D eigenvalue weighted by atomic mass is 10.2. The molecule has 0 atom stereocenters. The van der Waals surface area contributed by atoms with Gasteiger partial charge < -0.3 is 5.32 Å². The van der Waals surface area contributed by atoms with Gasteiger partial charge in [-0.05, 0) is 30.3 Å². The summed E-state index contributed by atoms with van der Waals surface area (Å²) in [5.74, 6) is 1.39. The summed E-state index contributed by atoms with van der Waals surface area (Å²) in [5, 5.41) is 3.38. The lowest BCUT2D eigenvalue weighted by Crippen LogP contribution is -2.15. The number of hydrogen-bond acceptors (Lipinski definition) is 4. The second-order valence-corrected chi connectivity index (χ2v) is 6.21. The Labute approximate surface area is 148 Å². The molecule has 0 spiro atoms. The van der Waals surface area contributed by atoms with Crippen LogP contribution in [0.4, 0.5) is 11.4 Å².